The zero-order valence-corrected chi connectivity index (χ0v) is 8.17. The molecule has 1 N–H and O–H groups in total. The van der Waals surface area contributed by atoms with E-state index in [1.54, 1.807) is 6.08 Å². The van der Waals surface area contributed by atoms with Crippen LogP contribution in [0, 0.1) is 11.3 Å². The average Bonchev–Trinajstić information content (AvgIpc) is 2.27. The van der Waals surface area contributed by atoms with E-state index in [1.165, 1.54) is 5.57 Å². The molecule has 12 heavy (non-hydrogen) atoms. The Hall–Kier alpha value is -0.560. The molecule has 1 nitrogen and oxygen atoms in total. The predicted molar refractivity (Wildman–Crippen MR) is 51.8 cm³/mol. The second-order valence-electron chi connectivity index (χ2n) is 4.18. The highest BCUT2D eigenvalue weighted by atomic mass is 16.3. The van der Waals surface area contributed by atoms with Crippen LogP contribution in [0.5, 0.6) is 0 Å². The first-order valence-corrected chi connectivity index (χ1v) is 4.48. The molecule has 1 aliphatic rings. The summed E-state index contributed by atoms with van der Waals surface area (Å²) in [6, 6.07) is 0. The molecule has 1 rings (SSSR count). The maximum atomic E-state index is 9.66. The van der Waals surface area contributed by atoms with Gasteiger partial charge in [-0.1, -0.05) is 31.6 Å². The fourth-order valence-corrected chi connectivity index (χ4v) is 1.88. The SMILES string of the molecule is C=C[C@H](O)C1CC=C(C)C1(C)C. The largest absolute Gasteiger partial charge is 0.389 e. The summed E-state index contributed by atoms with van der Waals surface area (Å²) in [6.07, 6.45) is 4.47. The molecule has 1 heteroatoms. The van der Waals surface area contributed by atoms with Crippen LogP contribution >= 0.6 is 0 Å². The standard InChI is InChI=1S/C11H18O/c1-5-10(12)9-7-6-8(2)11(9,3)4/h5-6,9-10,12H,1,7H2,2-4H3/t9?,10-/m0/s1. The zero-order valence-electron chi connectivity index (χ0n) is 8.17. The van der Waals surface area contributed by atoms with Crippen molar-refractivity contribution in [3.8, 4) is 0 Å². The van der Waals surface area contributed by atoms with E-state index in [-0.39, 0.29) is 11.5 Å². The summed E-state index contributed by atoms with van der Waals surface area (Å²) in [5.74, 6) is 0.315. The van der Waals surface area contributed by atoms with Crippen molar-refractivity contribution in [2.24, 2.45) is 11.3 Å². The topological polar surface area (TPSA) is 20.2 Å². The number of hydrogen-bond donors (Lipinski definition) is 1. The second kappa shape index (κ2) is 3.06. The Balaban J connectivity index is 2.80. The lowest BCUT2D eigenvalue weighted by atomic mass is 9.75. The molecular formula is C11H18O. The third-order valence-corrected chi connectivity index (χ3v) is 3.28. The van der Waals surface area contributed by atoms with Crippen LogP contribution in [0.25, 0.3) is 0 Å². The van der Waals surface area contributed by atoms with E-state index in [1.807, 2.05) is 0 Å². The fraction of sp³-hybridized carbons (Fsp3) is 0.636. The van der Waals surface area contributed by atoms with E-state index < -0.39 is 0 Å². The lowest BCUT2D eigenvalue weighted by Crippen LogP contribution is -2.29. The first-order chi connectivity index (χ1) is 5.50. The molecule has 1 aliphatic carbocycles. The molecule has 0 amide bonds. The first-order valence-electron chi connectivity index (χ1n) is 4.48. The van der Waals surface area contributed by atoms with Crippen molar-refractivity contribution in [3.63, 3.8) is 0 Å². The number of allylic oxidation sites excluding steroid dienone is 2. The average molecular weight is 166 g/mol. The van der Waals surface area contributed by atoms with Crippen molar-refractivity contribution in [3.05, 3.63) is 24.3 Å². The van der Waals surface area contributed by atoms with Crippen LogP contribution < -0.4 is 0 Å². The lowest BCUT2D eigenvalue weighted by molar-refractivity contribution is 0.0981. The summed E-state index contributed by atoms with van der Waals surface area (Å²) in [7, 11) is 0. The predicted octanol–water partition coefficient (Wildman–Crippen LogP) is 2.53. The van der Waals surface area contributed by atoms with Gasteiger partial charge in [-0.25, -0.2) is 0 Å². The highest BCUT2D eigenvalue weighted by molar-refractivity contribution is 5.20. The van der Waals surface area contributed by atoms with Gasteiger partial charge in [0.2, 0.25) is 0 Å². The normalized spacial score (nSPS) is 29.7. The van der Waals surface area contributed by atoms with Crippen molar-refractivity contribution >= 4 is 0 Å². The minimum absolute atomic E-state index is 0.133. The Morgan fingerprint density at radius 2 is 2.33 bits per heavy atom. The Kier molecular flexibility index (Phi) is 2.43. The van der Waals surface area contributed by atoms with E-state index in [4.69, 9.17) is 0 Å². The molecule has 0 saturated carbocycles. The van der Waals surface area contributed by atoms with Gasteiger partial charge < -0.3 is 5.11 Å². The maximum absolute atomic E-state index is 9.66. The van der Waals surface area contributed by atoms with Crippen molar-refractivity contribution in [1.29, 1.82) is 0 Å². The van der Waals surface area contributed by atoms with Crippen LogP contribution in [0.3, 0.4) is 0 Å². The number of aliphatic hydroxyl groups is 1. The molecule has 0 aromatic rings. The molecule has 0 aromatic carbocycles. The molecule has 0 saturated heterocycles. The highest BCUT2D eigenvalue weighted by Crippen LogP contribution is 2.44. The third-order valence-electron chi connectivity index (χ3n) is 3.28. The van der Waals surface area contributed by atoms with Crippen LogP contribution in [0.15, 0.2) is 24.3 Å². The molecule has 1 unspecified atom stereocenters. The van der Waals surface area contributed by atoms with E-state index in [0.29, 0.717) is 5.92 Å². The third kappa shape index (κ3) is 1.34. The minimum atomic E-state index is -0.367. The van der Waals surface area contributed by atoms with E-state index in [9.17, 15) is 5.11 Å². The smallest absolute Gasteiger partial charge is 0.0757 e. The zero-order chi connectivity index (χ0) is 9.35. The van der Waals surface area contributed by atoms with Crippen molar-refractivity contribution in [2.75, 3.05) is 0 Å². The quantitative estimate of drug-likeness (QED) is 0.625. The molecule has 0 aliphatic heterocycles. The Morgan fingerprint density at radius 1 is 1.75 bits per heavy atom. The second-order valence-corrected chi connectivity index (χ2v) is 4.18. The number of hydrogen-bond acceptors (Lipinski definition) is 1. The molecular weight excluding hydrogens is 148 g/mol. The van der Waals surface area contributed by atoms with Gasteiger partial charge in [0.25, 0.3) is 0 Å². The summed E-state index contributed by atoms with van der Waals surface area (Å²) in [6.45, 7) is 10.1. The van der Waals surface area contributed by atoms with Crippen LogP contribution in [0.4, 0.5) is 0 Å². The summed E-state index contributed by atoms with van der Waals surface area (Å²) in [4.78, 5) is 0. The van der Waals surface area contributed by atoms with Crippen molar-refractivity contribution < 1.29 is 5.11 Å². The van der Waals surface area contributed by atoms with Gasteiger partial charge in [0.15, 0.2) is 0 Å². The Bertz CT molecular complexity index is 213. The fourth-order valence-electron chi connectivity index (χ4n) is 1.88. The van der Waals surface area contributed by atoms with Gasteiger partial charge in [0.05, 0.1) is 6.10 Å². The molecule has 2 atom stereocenters. The Labute approximate surface area is 74.8 Å². The molecule has 68 valence electrons. The summed E-state index contributed by atoms with van der Waals surface area (Å²) in [5.41, 5.74) is 1.52. The van der Waals surface area contributed by atoms with Crippen molar-refractivity contribution in [1.82, 2.24) is 0 Å². The van der Waals surface area contributed by atoms with Gasteiger partial charge in [-0.05, 0) is 18.8 Å². The number of aliphatic hydroxyl groups excluding tert-OH is 1. The Morgan fingerprint density at radius 3 is 2.67 bits per heavy atom. The summed E-state index contributed by atoms with van der Waals surface area (Å²) < 4.78 is 0. The lowest BCUT2D eigenvalue weighted by Gasteiger charge is -2.31. The summed E-state index contributed by atoms with van der Waals surface area (Å²) >= 11 is 0. The van der Waals surface area contributed by atoms with Crippen LogP contribution in [0.1, 0.15) is 27.2 Å². The number of rotatable bonds is 2. The first kappa shape index (κ1) is 9.53. The van der Waals surface area contributed by atoms with Crippen LogP contribution in [-0.4, -0.2) is 11.2 Å². The maximum Gasteiger partial charge on any atom is 0.0757 e. The van der Waals surface area contributed by atoms with Gasteiger partial charge in [0, 0.05) is 5.92 Å². The molecule has 0 spiro atoms. The van der Waals surface area contributed by atoms with Crippen LogP contribution in [-0.2, 0) is 0 Å². The van der Waals surface area contributed by atoms with Gasteiger partial charge in [-0.2, -0.15) is 0 Å². The molecule has 0 radical (unpaired) electrons. The van der Waals surface area contributed by atoms with Crippen LogP contribution in [0.2, 0.25) is 0 Å². The molecule has 0 aromatic heterocycles. The minimum Gasteiger partial charge on any atom is -0.389 e. The van der Waals surface area contributed by atoms with Crippen molar-refractivity contribution in [2.45, 2.75) is 33.3 Å². The van der Waals surface area contributed by atoms with Gasteiger partial charge in [0.1, 0.15) is 0 Å². The van der Waals surface area contributed by atoms with E-state index in [0.717, 1.165) is 6.42 Å². The molecule has 0 fully saturated rings. The molecule has 0 heterocycles. The van der Waals surface area contributed by atoms with E-state index in [2.05, 4.69) is 33.4 Å². The van der Waals surface area contributed by atoms with E-state index >= 15 is 0 Å². The summed E-state index contributed by atoms with van der Waals surface area (Å²) in [5, 5.41) is 9.66. The van der Waals surface area contributed by atoms with Gasteiger partial charge in [-0.15, -0.1) is 6.58 Å². The van der Waals surface area contributed by atoms with Gasteiger partial charge in [-0.3, -0.25) is 0 Å². The molecule has 0 bridgehead atoms. The monoisotopic (exact) mass is 166 g/mol. The van der Waals surface area contributed by atoms with Gasteiger partial charge >= 0.3 is 0 Å². The highest BCUT2D eigenvalue weighted by Gasteiger charge is 2.37.